The summed E-state index contributed by atoms with van der Waals surface area (Å²) in [6, 6.07) is 18.3. The van der Waals surface area contributed by atoms with Gasteiger partial charge in [0.05, 0.1) is 0 Å². The molecule has 0 fully saturated rings. The van der Waals surface area contributed by atoms with Gasteiger partial charge in [-0.1, -0.05) is 48.5 Å². The van der Waals surface area contributed by atoms with E-state index in [0.29, 0.717) is 6.04 Å². The summed E-state index contributed by atoms with van der Waals surface area (Å²) >= 11 is 0. The van der Waals surface area contributed by atoms with E-state index in [1.807, 2.05) is 7.05 Å². The van der Waals surface area contributed by atoms with Crippen molar-refractivity contribution in [2.75, 3.05) is 21.1 Å². The molecule has 0 spiro atoms. The first-order valence-electron chi connectivity index (χ1n) is 8.09. The van der Waals surface area contributed by atoms with Gasteiger partial charge in [0.15, 0.2) is 0 Å². The van der Waals surface area contributed by atoms with Gasteiger partial charge in [0.1, 0.15) is 0 Å². The quantitative estimate of drug-likeness (QED) is 0.832. The number of nitrogens with one attached hydrogen (secondary N) is 1. The molecule has 0 saturated carbocycles. The molecule has 2 aromatic rings. The standard InChI is InChI=1S/C20H28N2/c1-16(21-2)12-13-17-8-7-10-18(14-17)20-11-6-5-9-19(20)15-22(3)4/h5-11,14,16,21H,12-13,15H2,1-4H3. The van der Waals surface area contributed by atoms with Crippen LogP contribution in [0.25, 0.3) is 11.1 Å². The summed E-state index contributed by atoms with van der Waals surface area (Å²) in [5.74, 6) is 0. The van der Waals surface area contributed by atoms with Crippen LogP contribution < -0.4 is 5.32 Å². The summed E-state index contributed by atoms with van der Waals surface area (Å²) in [5, 5.41) is 3.31. The first-order valence-corrected chi connectivity index (χ1v) is 8.09. The van der Waals surface area contributed by atoms with Crippen molar-refractivity contribution in [2.45, 2.75) is 32.4 Å². The van der Waals surface area contributed by atoms with Crippen molar-refractivity contribution in [1.29, 1.82) is 0 Å². The van der Waals surface area contributed by atoms with Gasteiger partial charge in [-0.05, 0) is 63.2 Å². The smallest absolute Gasteiger partial charge is 0.0233 e. The normalized spacial score (nSPS) is 12.6. The largest absolute Gasteiger partial charge is 0.317 e. The predicted octanol–water partition coefficient (Wildman–Crippen LogP) is 3.96. The molecule has 0 bridgehead atoms. The maximum absolute atomic E-state index is 3.31. The van der Waals surface area contributed by atoms with Crippen LogP contribution in [-0.4, -0.2) is 32.1 Å². The topological polar surface area (TPSA) is 15.3 Å². The van der Waals surface area contributed by atoms with E-state index < -0.39 is 0 Å². The van der Waals surface area contributed by atoms with Crippen molar-refractivity contribution >= 4 is 0 Å². The van der Waals surface area contributed by atoms with Crippen LogP contribution in [0, 0.1) is 0 Å². The van der Waals surface area contributed by atoms with Gasteiger partial charge in [-0.15, -0.1) is 0 Å². The fourth-order valence-corrected chi connectivity index (χ4v) is 2.70. The molecule has 0 aliphatic rings. The van der Waals surface area contributed by atoms with Crippen molar-refractivity contribution in [3.8, 4) is 11.1 Å². The van der Waals surface area contributed by atoms with Crippen molar-refractivity contribution in [3.05, 3.63) is 59.7 Å². The van der Waals surface area contributed by atoms with E-state index >= 15 is 0 Å². The highest BCUT2D eigenvalue weighted by Crippen LogP contribution is 2.25. The van der Waals surface area contributed by atoms with Crippen LogP contribution in [0.15, 0.2) is 48.5 Å². The van der Waals surface area contributed by atoms with Crippen LogP contribution in [-0.2, 0) is 13.0 Å². The van der Waals surface area contributed by atoms with Gasteiger partial charge in [-0.3, -0.25) is 0 Å². The summed E-state index contributed by atoms with van der Waals surface area (Å²) in [6.45, 7) is 3.20. The second-order valence-corrected chi connectivity index (χ2v) is 6.32. The summed E-state index contributed by atoms with van der Waals surface area (Å²) in [7, 11) is 6.26. The average Bonchev–Trinajstić information content (AvgIpc) is 2.53. The van der Waals surface area contributed by atoms with E-state index in [-0.39, 0.29) is 0 Å². The highest BCUT2D eigenvalue weighted by molar-refractivity contribution is 5.68. The molecule has 0 aliphatic carbocycles. The fraction of sp³-hybridized carbons (Fsp3) is 0.400. The van der Waals surface area contributed by atoms with E-state index in [9.17, 15) is 0 Å². The highest BCUT2D eigenvalue weighted by Gasteiger charge is 2.07. The Morgan fingerprint density at radius 2 is 1.82 bits per heavy atom. The lowest BCUT2D eigenvalue weighted by molar-refractivity contribution is 0.403. The minimum absolute atomic E-state index is 0.560. The zero-order valence-electron chi connectivity index (χ0n) is 14.3. The second-order valence-electron chi connectivity index (χ2n) is 6.32. The lowest BCUT2D eigenvalue weighted by Gasteiger charge is -2.15. The van der Waals surface area contributed by atoms with Gasteiger partial charge in [-0.25, -0.2) is 0 Å². The second kappa shape index (κ2) is 8.11. The predicted molar refractivity (Wildman–Crippen MR) is 96.1 cm³/mol. The van der Waals surface area contributed by atoms with Crippen LogP contribution in [0.1, 0.15) is 24.5 Å². The van der Waals surface area contributed by atoms with E-state index in [4.69, 9.17) is 0 Å². The van der Waals surface area contributed by atoms with Crippen molar-refractivity contribution < 1.29 is 0 Å². The Morgan fingerprint density at radius 3 is 2.55 bits per heavy atom. The monoisotopic (exact) mass is 296 g/mol. The zero-order valence-corrected chi connectivity index (χ0v) is 14.3. The SMILES string of the molecule is CNC(C)CCc1cccc(-c2ccccc2CN(C)C)c1. The molecule has 1 unspecified atom stereocenters. The van der Waals surface area contributed by atoms with Crippen LogP contribution in [0.5, 0.6) is 0 Å². The molecule has 2 rings (SSSR count). The first-order chi connectivity index (χ1) is 10.6. The Morgan fingerprint density at radius 1 is 1.05 bits per heavy atom. The molecule has 0 radical (unpaired) electrons. The van der Waals surface area contributed by atoms with Gasteiger partial charge < -0.3 is 10.2 Å². The number of nitrogens with zero attached hydrogens (tertiary/aromatic N) is 1. The first kappa shape index (κ1) is 16.7. The molecular weight excluding hydrogens is 268 g/mol. The molecule has 0 aromatic heterocycles. The zero-order chi connectivity index (χ0) is 15.9. The molecule has 0 heterocycles. The molecule has 2 heteroatoms. The average molecular weight is 296 g/mol. The van der Waals surface area contributed by atoms with Gasteiger partial charge in [0.25, 0.3) is 0 Å². The maximum atomic E-state index is 3.31. The summed E-state index contributed by atoms with van der Waals surface area (Å²) in [6.07, 6.45) is 2.28. The molecule has 2 nitrogen and oxygen atoms in total. The lowest BCUT2D eigenvalue weighted by Crippen LogP contribution is -2.21. The molecule has 0 aliphatic heterocycles. The summed E-state index contributed by atoms with van der Waals surface area (Å²) in [5.41, 5.74) is 5.47. The van der Waals surface area contributed by atoms with Crippen molar-refractivity contribution in [2.24, 2.45) is 0 Å². The number of rotatable bonds is 7. The Balaban J connectivity index is 2.22. The molecule has 0 amide bonds. The molecule has 2 aromatic carbocycles. The Bertz CT molecular complexity index is 590. The number of aryl methyl sites for hydroxylation is 1. The molecule has 22 heavy (non-hydrogen) atoms. The van der Waals surface area contributed by atoms with E-state index in [2.05, 4.69) is 79.8 Å². The maximum Gasteiger partial charge on any atom is 0.0233 e. The third-order valence-corrected chi connectivity index (χ3v) is 4.10. The molecular formula is C20H28N2. The number of hydrogen-bond donors (Lipinski definition) is 1. The van der Waals surface area contributed by atoms with Crippen LogP contribution >= 0.6 is 0 Å². The van der Waals surface area contributed by atoms with Gasteiger partial charge in [0, 0.05) is 12.6 Å². The molecule has 1 atom stereocenters. The molecule has 1 N–H and O–H groups in total. The third kappa shape index (κ3) is 4.69. The molecule has 118 valence electrons. The summed E-state index contributed by atoms with van der Waals surface area (Å²) in [4.78, 5) is 2.22. The lowest BCUT2D eigenvalue weighted by atomic mass is 9.96. The van der Waals surface area contributed by atoms with Crippen LogP contribution in [0.4, 0.5) is 0 Å². The van der Waals surface area contributed by atoms with E-state index in [0.717, 1.165) is 13.0 Å². The van der Waals surface area contributed by atoms with E-state index in [1.54, 1.807) is 0 Å². The van der Waals surface area contributed by atoms with Crippen molar-refractivity contribution in [3.63, 3.8) is 0 Å². The Hall–Kier alpha value is -1.64. The minimum atomic E-state index is 0.560. The van der Waals surface area contributed by atoms with Gasteiger partial charge in [0.2, 0.25) is 0 Å². The van der Waals surface area contributed by atoms with Crippen molar-refractivity contribution in [1.82, 2.24) is 10.2 Å². The van der Waals surface area contributed by atoms with E-state index in [1.165, 1.54) is 28.7 Å². The van der Waals surface area contributed by atoms with Crippen LogP contribution in [0.3, 0.4) is 0 Å². The summed E-state index contributed by atoms with van der Waals surface area (Å²) < 4.78 is 0. The number of benzene rings is 2. The molecule has 0 saturated heterocycles. The Kier molecular flexibility index (Phi) is 6.17. The van der Waals surface area contributed by atoms with Gasteiger partial charge >= 0.3 is 0 Å². The van der Waals surface area contributed by atoms with Gasteiger partial charge in [-0.2, -0.15) is 0 Å². The highest BCUT2D eigenvalue weighted by atomic mass is 15.0. The third-order valence-electron chi connectivity index (χ3n) is 4.10. The minimum Gasteiger partial charge on any atom is -0.317 e. The fourth-order valence-electron chi connectivity index (χ4n) is 2.70. The van der Waals surface area contributed by atoms with Crippen LogP contribution in [0.2, 0.25) is 0 Å². The number of hydrogen-bond acceptors (Lipinski definition) is 2. The Labute approximate surface area is 135 Å².